The lowest BCUT2D eigenvalue weighted by Crippen LogP contribution is -2.70. The first-order valence-electron chi connectivity index (χ1n) is 34.9. The summed E-state index contributed by atoms with van der Waals surface area (Å²) in [5.41, 5.74) is 37.0. The lowest BCUT2D eigenvalue weighted by Gasteiger charge is -2.51. The molecule has 2 aromatic carbocycles. The first kappa shape index (κ1) is 84.4. The molecule has 0 spiro atoms. The van der Waals surface area contributed by atoms with Gasteiger partial charge in [-0.1, -0.05) is 67.6 Å². The van der Waals surface area contributed by atoms with Crippen LogP contribution in [-0.2, 0) is 74.8 Å². The third kappa shape index (κ3) is 20.3. The van der Waals surface area contributed by atoms with Crippen LogP contribution in [0.15, 0.2) is 60.7 Å². The van der Waals surface area contributed by atoms with Crippen molar-refractivity contribution in [3.63, 3.8) is 0 Å². The van der Waals surface area contributed by atoms with Crippen LogP contribution in [0, 0.1) is 5.92 Å². The molecule has 9 aliphatic rings. The number of carbonyl (C=O) groups excluding carboxylic acids is 3. The number of fused-ring (bicyclic) bond motifs is 4. The summed E-state index contributed by atoms with van der Waals surface area (Å²) in [7, 11) is 17.0. The molecule has 2 aromatic rings. The number of ether oxygens (including phenoxy) is 13. The molecule has 42 heteroatoms. The maximum atomic E-state index is 13.2. The monoisotopic (exact) mass is 1490 g/mol. The van der Waals surface area contributed by atoms with Crippen LogP contribution in [0.4, 0.5) is 14.4 Å². The zero-order valence-electron chi connectivity index (χ0n) is 58.2. The summed E-state index contributed by atoms with van der Waals surface area (Å²) in [4.78, 5) is 40.2. The second kappa shape index (κ2) is 38.3. The molecular formula is C63H101B4N11O27. The first-order chi connectivity index (χ1) is 50.0. The SMILES string of the molecule is CC1C[C@@H]2OC(O[C@H]3OC(CO)[C@@H](N)[C@H](O)C3O)C3C(OC(=O)N3C)C2O[C@@H]1O[C@@H]1C(NC(=O)OCc2ccccc2)C[C@@H](NC(=O)OCc2ccccc2)C(O)[C@H]1O.CNC1C(O[C@H]2OC(CO)[C@@H](NC(CN)CN)[C@H](O)C2O)O[C@H]2CC(N)[C@@H](O[C@@H]3C(N)C[C@@H](N)C(O)[C@H]3O)OC2C1O.[B]B([B])[B]. The van der Waals surface area contributed by atoms with E-state index in [1.165, 1.54) is 11.9 Å². The van der Waals surface area contributed by atoms with Crippen molar-refractivity contribution < 1.29 is 132 Å². The number of nitrogens with one attached hydrogen (secondary N) is 4. The van der Waals surface area contributed by atoms with Gasteiger partial charge in [0.15, 0.2) is 43.8 Å². The Morgan fingerprint density at radius 2 is 1.08 bits per heavy atom. The number of carbonyl (C=O) groups is 3. The van der Waals surface area contributed by atoms with Crippen LogP contribution in [-0.4, -0.2) is 357 Å². The summed E-state index contributed by atoms with van der Waals surface area (Å²) >= 11 is 0. The van der Waals surface area contributed by atoms with Crippen molar-refractivity contribution in [2.75, 3.05) is 40.4 Å². The summed E-state index contributed by atoms with van der Waals surface area (Å²) < 4.78 is 77.2. The third-order valence-corrected chi connectivity index (χ3v) is 20.2. The number of alkyl carbamates (subject to hydrolysis) is 2. The van der Waals surface area contributed by atoms with Crippen molar-refractivity contribution in [1.29, 1.82) is 0 Å². The molecule has 7 saturated heterocycles. The van der Waals surface area contributed by atoms with Crippen molar-refractivity contribution in [3.05, 3.63) is 71.8 Å². The molecule has 7 aliphatic heterocycles. The fourth-order valence-electron chi connectivity index (χ4n) is 14.3. The number of likely N-dealkylation sites (N-methyl/N-ethyl adjacent to an activating group) is 2. The fourth-order valence-corrected chi connectivity index (χ4v) is 14.3. The summed E-state index contributed by atoms with van der Waals surface area (Å²) in [6.07, 6.45) is -32.1. The van der Waals surface area contributed by atoms with Gasteiger partial charge in [-0.3, -0.25) is 4.90 Å². The highest BCUT2D eigenvalue weighted by Gasteiger charge is 2.62. The molecule has 105 heavy (non-hydrogen) atoms. The number of amides is 3. The number of hydrogen-bond acceptors (Lipinski definition) is 35. The molecule has 2 saturated carbocycles. The highest BCUT2D eigenvalue weighted by molar-refractivity contribution is 7.49. The molecule has 582 valence electrons. The van der Waals surface area contributed by atoms with Crippen LogP contribution >= 0.6 is 0 Å². The molecule has 34 atom stereocenters. The number of nitrogens with zero attached hydrogens (tertiary/aromatic N) is 1. The van der Waals surface area contributed by atoms with Gasteiger partial charge in [-0.05, 0) is 43.9 Å². The van der Waals surface area contributed by atoms with Gasteiger partial charge in [-0.25, -0.2) is 14.4 Å². The van der Waals surface area contributed by atoms with Crippen molar-refractivity contribution in [1.82, 2.24) is 26.2 Å². The van der Waals surface area contributed by atoms with Gasteiger partial charge < -0.3 is 173 Å². The van der Waals surface area contributed by atoms with E-state index in [0.717, 1.165) is 11.1 Å². The van der Waals surface area contributed by atoms with E-state index in [4.69, 9.17) is 96.0 Å². The van der Waals surface area contributed by atoms with E-state index in [1.807, 2.05) is 12.1 Å². The molecule has 38 nitrogen and oxygen atoms in total. The van der Waals surface area contributed by atoms with Crippen molar-refractivity contribution in [3.8, 4) is 0 Å². The van der Waals surface area contributed by atoms with Crippen molar-refractivity contribution in [2.45, 2.75) is 254 Å². The lowest BCUT2D eigenvalue weighted by atomic mass is 9.08. The zero-order valence-corrected chi connectivity index (χ0v) is 58.2. The van der Waals surface area contributed by atoms with E-state index in [-0.39, 0.29) is 52.0 Å². The molecule has 9 fully saturated rings. The average Bonchev–Trinajstić information content (AvgIpc) is 1.40. The minimum atomic E-state index is -1.67. The van der Waals surface area contributed by atoms with Gasteiger partial charge in [0.25, 0.3) is 0 Å². The third-order valence-electron chi connectivity index (χ3n) is 20.2. The van der Waals surface area contributed by atoms with Crippen LogP contribution in [0.25, 0.3) is 0 Å². The van der Waals surface area contributed by atoms with Crippen LogP contribution < -0.4 is 55.7 Å². The average molecular weight is 1490 g/mol. The van der Waals surface area contributed by atoms with Gasteiger partial charge in [0.2, 0.25) is 0 Å². The largest absolute Gasteiger partial charge is 0.445 e. The van der Waals surface area contributed by atoms with Gasteiger partial charge >= 0.3 is 18.3 Å². The molecule has 18 unspecified atom stereocenters. The predicted molar refractivity (Wildman–Crippen MR) is 365 cm³/mol. The van der Waals surface area contributed by atoms with Crippen molar-refractivity contribution in [2.24, 2.45) is 40.3 Å². The van der Waals surface area contributed by atoms with Crippen molar-refractivity contribution >= 4 is 47.9 Å². The van der Waals surface area contributed by atoms with E-state index >= 15 is 0 Å². The normalized spacial score (nSPS) is 42.3. The topological polar surface area (TPSA) is 601 Å². The maximum absolute atomic E-state index is 13.2. The van der Waals surface area contributed by atoms with Gasteiger partial charge in [0.1, 0.15) is 105 Å². The molecule has 7 heterocycles. The summed E-state index contributed by atoms with van der Waals surface area (Å²) in [6.45, 7) is 0.937. The van der Waals surface area contributed by atoms with E-state index in [2.05, 4.69) is 44.5 Å². The summed E-state index contributed by atoms with van der Waals surface area (Å²) in [6, 6.07) is 9.42. The Labute approximate surface area is 610 Å². The highest BCUT2D eigenvalue weighted by atomic mass is 16.8. The number of aliphatic hydroxyl groups excluding tert-OH is 11. The summed E-state index contributed by atoms with van der Waals surface area (Å²) in [5.74, 6) is -0.475. The Kier molecular flexibility index (Phi) is 30.8. The zero-order chi connectivity index (χ0) is 76.4. The van der Waals surface area contributed by atoms with Crippen LogP contribution in [0.1, 0.15) is 43.7 Å². The molecule has 3 amide bonds. The second-order valence-corrected chi connectivity index (χ2v) is 27.7. The Hall–Kier alpha value is -4.65. The van der Waals surface area contributed by atoms with E-state index < -0.39 is 252 Å². The number of nitrogens with two attached hydrogens (primary N) is 6. The minimum absolute atomic E-state index is 0.0435. The molecule has 2 aliphatic carbocycles. The van der Waals surface area contributed by atoms with Crippen LogP contribution in [0.5, 0.6) is 0 Å². The van der Waals surface area contributed by atoms with Gasteiger partial charge in [0.05, 0.1) is 67.8 Å². The van der Waals surface area contributed by atoms with Gasteiger partial charge in [0, 0.05) is 73.8 Å². The second-order valence-electron chi connectivity index (χ2n) is 27.7. The van der Waals surface area contributed by atoms with E-state index in [0.29, 0.717) is 0 Å². The van der Waals surface area contributed by atoms with E-state index in [1.54, 1.807) is 62.5 Å². The Balaban J connectivity index is 0.000000244. The Morgan fingerprint density at radius 1 is 0.552 bits per heavy atom. The molecule has 6 radical (unpaired) electrons. The molecule has 0 bridgehead atoms. The maximum Gasteiger partial charge on any atom is 0.410 e. The highest BCUT2D eigenvalue weighted by Crippen LogP contribution is 2.43. The standard InChI is InChI=1S/C39H52N4O16.C24H49N7O11.B4/c1-18-13-23-32(33-26(43(2)39(51)58-33)35(54-23)59-36-30(48)28(46)25(40)24(15-44)55-36)57-34(18)56-31-22(42-38(50)53-17-20-11-7-4-8-12-20)14-21(27(45)29(31)47)41-37(49)52-16-19-9-5-3-6-10-19;1-30-14-17(35)21-11(3-10(29)22(41-21)40-20-9(28)2-8(27)15(33)18(20)36)38-23(14)42-24-19(37)16(34)13(12(6-32)39-24)31-7(4-25)5-26;1-4(2)3/h3-12,18,21-36,44-48H,13-17,40H2,1-2H3,(H,41,49)(H,42,50);7-24,30-37H,2-6,25-29H2,1H3;/t18?,21-,22?,23+,24?,25-,26?,27?,28+,29-,30?,31-,32?,33?,34+,35?,36-;8-,9?,10?,11+,12?,13-,14?,15?,16+,17?,18-,19?,20-,21?,22+,23?,24-;/m11./s1. The number of benzene rings is 2. The Morgan fingerprint density at radius 3 is 1.66 bits per heavy atom. The molecule has 27 N–H and O–H groups in total. The van der Waals surface area contributed by atoms with Crippen LogP contribution in [0.2, 0.25) is 0 Å². The first-order valence-corrected chi connectivity index (χ1v) is 34.9. The van der Waals surface area contributed by atoms with Gasteiger partial charge in [-0.2, -0.15) is 0 Å². The Bertz CT molecular complexity index is 3010. The minimum Gasteiger partial charge on any atom is -0.445 e. The molecular weight excluding hydrogens is 1390 g/mol. The number of hydrogen-bond donors (Lipinski definition) is 21. The lowest BCUT2D eigenvalue weighted by molar-refractivity contribution is -0.375. The summed E-state index contributed by atoms with van der Waals surface area (Å²) in [5, 5.41) is 129. The number of aliphatic hydroxyl groups is 11. The number of rotatable bonds is 21. The smallest absolute Gasteiger partial charge is 0.410 e. The molecule has 11 rings (SSSR count). The quantitative estimate of drug-likeness (QED) is 0.0408. The predicted octanol–water partition coefficient (Wildman–Crippen LogP) is -10.4. The van der Waals surface area contributed by atoms with Crippen LogP contribution in [0.3, 0.4) is 0 Å². The fraction of sp³-hybridized carbons (Fsp3) is 0.762. The van der Waals surface area contributed by atoms with Gasteiger partial charge in [-0.15, -0.1) is 0 Å². The van der Waals surface area contributed by atoms with E-state index in [9.17, 15) is 70.6 Å². The molecule has 0 aromatic heterocycles.